The molecule has 3 heterocycles. The summed E-state index contributed by atoms with van der Waals surface area (Å²) in [6.45, 7) is 7.49. The highest BCUT2D eigenvalue weighted by molar-refractivity contribution is 8.02. The molecule has 7 nitrogen and oxygen atoms in total. The fraction of sp³-hybridized carbons (Fsp3) is 0.464. The van der Waals surface area contributed by atoms with Gasteiger partial charge in [-0.15, -0.1) is 11.8 Å². The van der Waals surface area contributed by atoms with Gasteiger partial charge >= 0.3 is 0 Å². The van der Waals surface area contributed by atoms with Gasteiger partial charge in [0.05, 0.1) is 29.2 Å². The van der Waals surface area contributed by atoms with Gasteiger partial charge in [-0.05, 0) is 62.4 Å². The Bertz CT molecular complexity index is 1200. The highest BCUT2D eigenvalue weighted by atomic mass is 32.2. The summed E-state index contributed by atoms with van der Waals surface area (Å²) in [7, 11) is 0. The molecule has 3 unspecified atom stereocenters. The van der Waals surface area contributed by atoms with Gasteiger partial charge in [0.15, 0.2) is 0 Å². The molecule has 2 aromatic carbocycles. The van der Waals surface area contributed by atoms with E-state index >= 15 is 0 Å². The summed E-state index contributed by atoms with van der Waals surface area (Å²) in [6.07, 6.45) is 0.760. The number of thioether (sulfide) groups is 1. The number of nitrogens with zero attached hydrogens (tertiary/aromatic N) is 1. The number of hydrogen-bond donors (Lipinski definition) is 3. The fourth-order valence-electron chi connectivity index (χ4n) is 6.44. The molecule has 2 bridgehead atoms. The van der Waals surface area contributed by atoms with Crippen molar-refractivity contribution in [2.75, 3.05) is 17.2 Å². The van der Waals surface area contributed by atoms with E-state index in [2.05, 4.69) is 17.6 Å². The molecule has 190 valence electrons. The molecule has 2 aromatic rings. The van der Waals surface area contributed by atoms with Crippen LogP contribution in [0.2, 0.25) is 0 Å². The lowest BCUT2D eigenvalue weighted by molar-refractivity contribution is -0.140. The van der Waals surface area contributed by atoms with Crippen LogP contribution < -0.4 is 10.6 Å². The maximum atomic E-state index is 14.0. The standard InChI is InChI=1S/C28H33N3O4S/c1-15-10-11-16(2)20(12-15)30-26(34)24-28-17(3)13-21(36-28)22(23(28)27(35)31(24)18(4)14-32)25(33)29-19-8-6-5-7-9-19/h5-12,17-18,21-24,32H,13-14H2,1-4H3,(H,29,33)(H,30,34)/t17?,18-,21+,22-,23+,24?,28?/m1/s1. The molecule has 0 aromatic heterocycles. The Labute approximate surface area is 216 Å². The van der Waals surface area contributed by atoms with E-state index in [0.717, 1.165) is 17.5 Å². The quantitative estimate of drug-likeness (QED) is 0.555. The van der Waals surface area contributed by atoms with Crippen LogP contribution in [-0.4, -0.2) is 56.4 Å². The molecule has 7 atom stereocenters. The number of aliphatic hydroxyl groups excluding tert-OH is 1. The van der Waals surface area contributed by atoms with E-state index in [0.29, 0.717) is 11.4 Å². The van der Waals surface area contributed by atoms with Crippen LogP contribution in [-0.2, 0) is 14.4 Å². The Hall–Kier alpha value is -2.84. The summed E-state index contributed by atoms with van der Waals surface area (Å²) < 4.78 is -0.730. The first-order valence-corrected chi connectivity index (χ1v) is 13.4. The summed E-state index contributed by atoms with van der Waals surface area (Å²) >= 11 is 1.63. The summed E-state index contributed by atoms with van der Waals surface area (Å²) in [5.41, 5.74) is 3.36. The summed E-state index contributed by atoms with van der Waals surface area (Å²) in [5.74, 6) is -1.75. The predicted octanol–water partition coefficient (Wildman–Crippen LogP) is 3.60. The normalized spacial score (nSPS) is 31.3. The number of likely N-dealkylation sites (tertiary alicyclic amines) is 1. The van der Waals surface area contributed by atoms with E-state index in [1.54, 1.807) is 23.6 Å². The van der Waals surface area contributed by atoms with Crippen LogP contribution in [0.4, 0.5) is 11.4 Å². The third-order valence-electron chi connectivity index (χ3n) is 8.17. The second-order valence-corrected chi connectivity index (χ2v) is 12.0. The molecule has 5 rings (SSSR count). The van der Waals surface area contributed by atoms with Crippen LogP contribution in [0.15, 0.2) is 48.5 Å². The van der Waals surface area contributed by atoms with Gasteiger partial charge in [-0.3, -0.25) is 14.4 Å². The fourth-order valence-corrected chi connectivity index (χ4v) is 8.85. The molecule has 3 saturated heterocycles. The lowest BCUT2D eigenvalue weighted by Crippen LogP contribution is -2.56. The van der Waals surface area contributed by atoms with E-state index in [-0.39, 0.29) is 35.5 Å². The van der Waals surface area contributed by atoms with E-state index in [1.165, 1.54) is 0 Å². The van der Waals surface area contributed by atoms with Gasteiger partial charge in [0.2, 0.25) is 17.7 Å². The van der Waals surface area contributed by atoms with Gasteiger partial charge in [-0.1, -0.05) is 37.3 Å². The van der Waals surface area contributed by atoms with E-state index in [9.17, 15) is 19.5 Å². The number of aryl methyl sites for hydroxylation is 2. The predicted molar refractivity (Wildman–Crippen MR) is 142 cm³/mol. The smallest absolute Gasteiger partial charge is 0.248 e. The lowest BCUT2D eigenvalue weighted by atomic mass is 9.66. The number of aliphatic hydroxyl groups is 1. The van der Waals surface area contributed by atoms with E-state index < -0.39 is 28.7 Å². The number of rotatable bonds is 6. The van der Waals surface area contributed by atoms with Crippen molar-refractivity contribution in [3.05, 3.63) is 59.7 Å². The average Bonchev–Trinajstić information content (AvgIpc) is 3.45. The average molecular weight is 508 g/mol. The number of carbonyl (C=O) groups is 3. The Morgan fingerprint density at radius 1 is 1.14 bits per heavy atom. The molecule has 3 N–H and O–H groups in total. The van der Waals surface area contributed by atoms with Gasteiger partial charge in [-0.25, -0.2) is 0 Å². The van der Waals surface area contributed by atoms with Crippen molar-refractivity contribution in [3.8, 4) is 0 Å². The van der Waals surface area contributed by atoms with Crippen molar-refractivity contribution < 1.29 is 19.5 Å². The first-order chi connectivity index (χ1) is 17.2. The monoisotopic (exact) mass is 507 g/mol. The number of amides is 3. The van der Waals surface area contributed by atoms with Gasteiger partial charge in [0.25, 0.3) is 0 Å². The lowest BCUT2D eigenvalue weighted by Gasteiger charge is -2.39. The summed E-state index contributed by atoms with van der Waals surface area (Å²) in [4.78, 5) is 43.1. The van der Waals surface area contributed by atoms with Crippen LogP contribution in [0.5, 0.6) is 0 Å². The minimum atomic E-state index is -0.781. The number of para-hydroxylation sites is 1. The molecule has 0 radical (unpaired) electrons. The minimum Gasteiger partial charge on any atom is -0.394 e. The topological polar surface area (TPSA) is 98.7 Å². The molecular formula is C28H33N3O4S. The largest absolute Gasteiger partial charge is 0.394 e. The van der Waals surface area contributed by atoms with Gasteiger partial charge in [0, 0.05) is 16.6 Å². The maximum Gasteiger partial charge on any atom is 0.248 e. The van der Waals surface area contributed by atoms with Crippen LogP contribution >= 0.6 is 11.8 Å². The summed E-state index contributed by atoms with van der Waals surface area (Å²) in [6, 6.07) is 13.8. The Balaban J connectivity index is 1.53. The van der Waals surface area contributed by atoms with Crippen LogP contribution in [0.1, 0.15) is 31.4 Å². The summed E-state index contributed by atoms with van der Waals surface area (Å²) in [5, 5.41) is 16.1. The number of benzene rings is 2. The molecule has 3 fully saturated rings. The Kier molecular flexibility index (Phi) is 6.37. The molecule has 1 spiro atoms. The zero-order valence-electron chi connectivity index (χ0n) is 21.0. The van der Waals surface area contributed by atoms with Crippen molar-refractivity contribution >= 4 is 40.9 Å². The molecular weight excluding hydrogens is 474 g/mol. The number of nitrogens with one attached hydrogen (secondary N) is 2. The minimum absolute atomic E-state index is 0.0414. The third kappa shape index (κ3) is 3.73. The molecule has 3 aliphatic heterocycles. The van der Waals surface area contributed by atoms with Crippen molar-refractivity contribution in [2.24, 2.45) is 17.8 Å². The molecule has 0 saturated carbocycles. The molecule has 3 amide bonds. The number of carbonyl (C=O) groups excluding carboxylic acids is 3. The van der Waals surface area contributed by atoms with Crippen molar-refractivity contribution in [1.29, 1.82) is 0 Å². The number of anilines is 2. The Morgan fingerprint density at radius 3 is 2.56 bits per heavy atom. The zero-order valence-corrected chi connectivity index (χ0v) is 21.8. The van der Waals surface area contributed by atoms with Crippen molar-refractivity contribution in [3.63, 3.8) is 0 Å². The number of hydrogen-bond acceptors (Lipinski definition) is 5. The van der Waals surface area contributed by atoms with Crippen LogP contribution in [0.25, 0.3) is 0 Å². The van der Waals surface area contributed by atoms with Gasteiger partial charge in [0.1, 0.15) is 6.04 Å². The first-order valence-electron chi connectivity index (χ1n) is 12.5. The molecule has 3 aliphatic rings. The first kappa shape index (κ1) is 24.8. The van der Waals surface area contributed by atoms with Crippen LogP contribution in [0, 0.1) is 31.6 Å². The number of fused-ring (bicyclic) bond motifs is 1. The third-order valence-corrected chi connectivity index (χ3v) is 10.2. The second-order valence-electron chi connectivity index (χ2n) is 10.5. The zero-order chi connectivity index (χ0) is 25.8. The van der Waals surface area contributed by atoms with Crippen molar-refractivity contribution in [2.45, 2.75) is 56.2 Å². The Morgan fingerprint density at radius 2 is 1.86 bits per heavy atom. The highest BCUT2D eigenvalue weighted by Crippen LogP contribution is 2.68. The second kappa shape index (κ2) is 9.23. The van der Waals surface area contributed by atoms with Crippen molar-refractivity contribution in [1.82, 2.24) is 4.90 Å². The maximum absolute atomic E-state index is 14.0. The van der Waals surface area contributed by atoms with Gasteiger partial charge < -0.3 is 20.6 Å². The SMILES string of the molecule is Cc1ccc(C)c(NC(=O)C2N([C@H](C)CO)C(=O)[C@@H]3[C@H](C(=O)Nc4ccccc4)[C@@H]4CC(C)C23S4)c1. The van der Waals surface area contributed by atoms with Crippen LogP contribution in [0.3, 0.4) is 0 Å². The van der Waals surface area contributed by atoms with E-state index in [1.807, 2.05) is 62.4 Å². The molecule has 36 heavy (non-hydrogen) atoms. The molecule has 8 heteroatoms. The van der Waals surface area contributed by atoms with Gasteiger partial charge in [-0.2, -0.15) is 0 Å². The molecule has 0 aliphatic carbocycles. The highest BCUT2D eigenvalue weighted by Gasteiger charge is 2.76. The van der Waals surface area contributed by atoms with E-state index in [4.69, 9.17) is 0 Å².